The van der Waals surface area contributed by atoms with E-state index in [0.29, 0.717) is 0 Å². The standard InChI is InChI=1S/2C20H13.C6H5.CH3.2ClH.H2Si.Zr/c2*1-12-10-14-8-9-16-15-6-2-4-13-5-3-7-17(19(13)15)20(16)18(14)11-12;1-2-4-6-5-3-1;;;;;/h2*2-7,9-10H,11H2,1H3;1-5H;1H3;2*1H;1H2;. The summed E-state index contributed by atoms with van der Waals surface area (Å²) < 4.78 is 7.54. The fourth-order valence-electron chi connectivity index (χ4n) is 10.4. The summed E-state index contributed by atoms with van der Waals surface area (Å²) in [5.74, 6) is 0. The zero-order valence-electron chi connectivity index (χ0n) is 29.1. The number of fused-ring (bicyclic) bond motifs is 10. The summed E-state index contributed by atoms with van der Waals surface area (Å²) in [4.78, 5) is 0. The van der Waals surface area contributed by atoms with Crippen molar-refractivity contribution in [3.8, 4) is 44.5 Å². The summed E-state index contributed by atoms with van der Waals surface area (Å²) in [6.07, 6.45) is 7.18. The molecule has 0 saturated carbocycles. The van der Waals surface area contributed by atoms with E-state index < -0.39 is 17.4 Å². The molecule has 0 bridgehead atoms. The van der Waals surface area contributed by atoms with Crippen molar-refractivity contribution in [3.63, 3.8) is 0 Å². The first-order valence-electron chi connectivity index (χ1n) is 17.7. The van der Waals surface area contributed by atoms with Crippen LogP contribution >= 0.6 is 24.8 Å². The van der Waals surface area contributed by atoms with Crippen molar-refractivity contribution < 1.29 is 17.4 Å². The molecule has 0 aliphatic heterocycles. The van der Waals surface area contributed by atoms with Crippen LogP contribution in [0.5, 0.6) is 0 Å². The van der Waals surface area contributed by atoms with Gasteiger partial charge < -0.3 is 0 Å². The number of hydrogen-bond acceptors (Lipinski definition) is 0. The predicted molar refractivity (Wildman–Crippen MR) is 226 cm³/mol. The van der Waals surface area contributed by atoms with Crippen LogP contribution in [0.2, 0.25) is 4.63 Å². The van der Waals surface area contributed by atoms with Gasteiger partial charge in [-0.3, -0.25) is 0 Å². The minimum Gasteiger partial charge on any atom is -0.147 e. The summed E-state index contributed by atoms with van der Waals surface area (Å²) in [5, 5.41) is 5.54. The molecule has 4 aliphatic carbocycles. The quantitative estimate of drug-likeness (QED) is 0.156. The van der Waals surface area contributed by atoms with E-state index in [2.05, 4.69) is 153 Å². The summed E-state index contributed by atoms with van der Waals surface area (Å²) in [7, 11) is 0. The van der Waals surface area contributed by atoms with E-state index in [9.17, 15) is 0 Å². The number of allylic oxidation sites excluding steroid dienone is 2. The molecule has 0 N–H and O–H groups in total. The van der Waals surface area contributed by atoms with Gasteiger partial charge in [0.15, 0.2) is 0 Å². The zero-order chi connectivity index (χ0) is 32.8. The minimum atomic E-state index is -4.44. The average Bonchev–Trinajstić information content (AvgIpc) is 3.87. The van der Waals surface area contributed by atoms with Gasteiger partial charge in [-0.05, 0) is 0 Å². The molecule has 0 heterocycles. The van der Waals surface area contributed by atoms with Gasteiger partial charge in [0.25, 0.3) is 0 Å². The molecule has 7 aromatic rings. The van der Waals surface area contributed by atoms with Crippen LogP contribution in [-0.4, -0.2) is 6.88 Å². The first-order chi connectivity index (χ1) is 23.8. The maximum Gasteiger partial charge on any atom is -0.147 e. The van der Waals surface area contributed by atoms with E-state index in [4.69, 9.17) is 0 Å². The summed E-state index contributed by atoms with van der Waals surface area (Å²) in [5.41, 5.74) is 20.5. The van der Waals surface area contributed by atoms with Gasteiger partial charge in [0.2, 0.25) is 0 Å². The largest absolute Gasteiger partial charge is 0.147 e. The second-order valence-corrected chi connectivity index (χ2v) is 40.0. The van der Waals surface area contributed by atoms with Gasteiger partial charge in [-0.15, -0.1) is 24.8 Å². The van der Waals surface area contributed by atoms with E-state index in [1.54, 1.807) is 20.9 Å². The Kier molecular flexibility index (Phi) is 7.21. The van der Waals surface area contributed by atoms with Crippen LogP contribution in [-0.2, 0) is 30.2 Å². The molecular weight excluding hydrogens is 755 g/mol. The smallest absolute Gasteiger partial charge is 0.147 e. The summed E-state index contributed by atoms with van der Waals surface area (Å²) >= 11 is -4.44. The monoisotopic (exact) mass is 790 g/mol. The number of halogens is 2. The molecule has 4 aliphatic rings. The van der Waals surface area contributed by atoms with Crippen LogP contribution in [0.3, 0.4) is 0 Å². The molecule has 7 aromatic carbocycles. The minimum absolute atomic E-state index is 0. The Balaban J connectivity index is 0.00000174. The van der Waals surface area contributed by atoms with Crippen LogP contribution in [0.15, 0.2) is 126 Å². The van der Waals surface area contributed by atoms with E-state index in [0.717, 1.165) is 12.8 Å². The van der Waals surface area contributed by atoms with Gasteiger partial charge in [0.1, 0.15) is 0 Å². The fourth-order valence-corrected chi connectivity index (χ4v) is 27.5. The second-order valence-electron chi connectivity index (χ2n) is 15.6. The molecule has 0 radical (unpaired) electrons. The van der Waals surface area contributed by atoms with Crippen LogP contribution in [0, 0.1) is 0 Å². The van der Waals surface area contributed by atoms with Crippen LogP contribution in [0.1, 0.15) is 36.1 Å². The Morgan fingerprint density at radius 3 is 1.33 bits per heavy atom. The van der Waals surface area contributed by atoms with Crippen LogP contribution < -0.4 is 9.81 Å². The molecule has 0 amide bonds. The first-order valence-corrected chi connectivity index (χ1v) is 29.8. The topological polar surface area (TPSA) is 0 Å². The predicted octanol–water partition coefficient (Wildman–Crippen LogP) is 10.6. The Morgan fingerprint density at radius 2 is 0.902 bits per heavy atom. The van der Waals surface area contributed by atoms with Gasteiger partial charge in [-0.2, -0.15) is 0 Å². The van der Waals surface area contributed by atoms with E-state index in [1.165, 1.54) is 88.3 Å². The Bertz CT molecular complexity index is 2680. The van der Waals surface area contributed by atoms with Crippen LogP contribution in [0.4, 0.5) is 0 Å². The Hall–Kier alpha value is -3.78. The van der Waals surface area contributed by atoms with Gasteiger partial charge in [-0.25, -0.2) is 0 Å². The van der Waals surface area contributed by atoms with Crippen LogP contribution in [0.25, 0.3) is 78.2 Å². The Morgan fingerprint density at radius 1 is 0.490 bits per heavy atom. The van der Waals surface area contributed by atoms with Gasteiger partial charge >= 0.3 is 292 Å². The molecular formula is C47H38Cl2SiZr. The molecule has 0 fully saturated rings. The molecule has 0 saturated heterocycles. The molecule has 4 heteroatoms. The number of rotatable bonds is 3. The third-order valence-electron chi connectivity index (χ3n) is 12.6. The third kappa shape index (κ3) is 4.11. The maximum absolute atomic E-state index is 4.44. The van der Waals surface area contributed by atoms with Gasteiger partial charge in [-0.1, -0.05) is 0 Å². The number of benzene rings is 7. The van der Waals surface area contributed by atoms with Crippen molar-refractivity contribution in [2.24, 2.45) is 0 Å². The first kappa shape index (κ1) is 33.1. The summed E-state index contributed by atoms with van der Waals surface area (Å²) in [6.45, 7) is 7.10. The molecule has 0 atom stereocenters. The normalized spacial score (nSPS) is 14.4. The molecule has 0 aromatic heterocycles. The van der Waals surface area contributed by atoms with E-state index in [-0.39, 0.29) is 24.8 Å². The van der Waals surface area contributed by atoms with Crippen molar-refractivity contribution in [2.75, 3.05) is 0 Å². The third-order valence-corrected chi connectivity index (χ3v) is 33.4. The summed E-state index contributed by atoms with van der Waals surface area (Å²) in [6, 6.07) is 44.8. The SMILES string of the molecule is CC1=Cc2[c]([Zr]([CH3])(=[SiH2])([c]3ccccc3)[c]3cc4c(c5c3C=C(C)C5)-c3cccc5cccc-4c35)cc3c(c2C1)-c1cccc2cccc-3c12.Cl.Cl. The van der Waals surface area contributed by atoms with Gasteiger partial charge in [0.05, 0.1) is 0 Å². The molecule has 0 unspecified atom stereocenters. The zero-order valence-corrected chi connectivity index (χ0v) is 34.6. The molecule has 11 rings (SSSR count). The fraction of sp³-hybridized carbons (Fsp3) is 0.106. The second kappa shape index (κ2) is 11.1. The van der Waals surface area contributed by atoms with Crippen molar-refractivity contribution in [1.82, 2.24) is 0 Å². The van der Waals surface area contributed by atoms with Crippen molar-refractivity contribution in [2.45, 2.75) is 31.3 Å². The Labute approximate surface area is 314 Å². The van der Waals surface area contributed by atoms with E-state index >= 15 is 0 Å². The molecule has 0 spiro atoms. The van der Waals surface area contributed by atoms with Crippen molar-refractivity contribution >= 4 is 75.2 Å². The number of hydrogen-bond donors (Lipinski definition) is 0. The maximum atomic E-state index is 2.76. The van der Waals surface area contributed by atoms with Crippen molar-refractivity contribution in [3.05, 3.63) is 149 Å². The van der Waals surface area contributed by atoms with E-state index in [1.807, 2.05) is 0 Å². The van der Waals surface area contributed by atoms with Crippen molar-refractivity contribution in [1.29, 1.82) is 0 Å². The average molecular weight is 793 g/mol. The van der Waals surface area contributed by atoms with Gasteiger partial charge in [0, 0.05) is 0 Å². The molecule has 0 nitrogen and oxygen atoms in total. The molecule has 51 heavy (non-hydrogen) atoms. The molecule has 248 valence electrons.